The maximum Gasteiger partial charge on any atom is 0.225 e. The van der Waals surface area contributed by atoms with Crippen molar-refractivity contribution >= 4 is 18.3 Å². The van der Waals surface area contributed by atoms with Crippen molar-refractivity contribution in [3.8, 4) is 5.75 Å². The number of nitrogens with two attached hydrogens (primary N) is 1. The van der Waals surface area contributed by atoms with Crippen LogP contribution in [0.4, 0.5) is 0 Å². The molecule has 23 heavy (non-hydrogen) atoms. The predicted octanol–water partition coefficient (Wildman–Crippen LogP) is 3.10. The Balaban J connectivity index is 0.00000264. The first kappa shape index (κ1) is 19.8. The number of benzene rings is 1. The number of para-hydroxylation sites is 1. The average molecular weight is 341 g/mol. The zero-order valence-corrected chi connectivity index (χ0v) is 14.9. The Kier molecular flexibility index (Phi) is 8.42. The number of nitrogens with zero attached hydrogens (tertiary/aromatic N) is 1. The largest absolute Gasteiger partial charge is 0.494 e. The summed E-state index contributed by atoms with van der Waals surface area (Å²) >= 11 is 0. The predicted molar refractivity (Wildman–Crippen MR) is 95.9 cm³/mol. The molecule has 1 aliphatic heterocycles. The number of amides is 1. The van der Waals surface area contributed by atoms with E-state index in [2.05, 4.69) is 6.92 Å². The molecule has 1 aromatic carbocycles. The summed E-state index contributed by atoms with van der Waals surface area (Å²) in [6, 6.07) is 9.97. The number of hydrogen-bond acceptors (Lipinski definition) is 3. The molecule has 0 bridgehead atoms. The second kappa shape index (κ2) is 9.78. The highest BCUT2D eigenvalue weighted by atomic mass is 35.5. The molecular formula is C18H29ClN2O2. The van der Waals surface area contributed by atoms with E-state index in [-0.39, 0.29) is 30.3 Å². The van der Waals surface area contributed by atoms with E-state index in [1.165, 1.54) is 0 Å². The number of hydrogen-bond donors (Lipinski definition) is 1. The van der Waals surface area contributed by atoms with Gasteiger partial charge in [0, 0.05) is 25.0 Å². The molecule has 5 heteroatoms. The van der Waals surface area contributed by atoms with Crippen LogP contribution in [-0.2, 0) is 4.79 Å². The summed E-state index contributed by atoms with van der Waals surface area (Å²) in [6.07, 6.45) is 2.80. The third kappa shape index (κ3) is 6.04. The van der Waals surface area contributed by atoms with Crippen molar-refractivity contribution in [1.29, 1.82) is 0 Å². The number of rotatable bonds is 6. The number of ether oxygens (including phenoxy) is 1. The SMILES string of the molecule is CC(CCOc1ccccc1)C(=O)N1CCC(C(C)N)CC1.Cl. The van der Waals surface area contributed by atoms with Crippen LogP contribution in [0.3, 0.4) is 0 Å². The van der Waals surface area contributed by atoms with Gasteiger partial charge in [-0.2, -0.15) is 0 Å². The first-order valence-electron chi connectivity index (χ1n) is 8.30. The molecule has 1 heterocycles. The summed E-state index contributed by atoms with van der Waals surface area (Å²) in [5.74, 6) is 1.68. The summed E-state index contributed by atoms with van der Waals surface area (Å²) in [4.78, 5) is 14.4. The first-order valence-corrected chi connectivity index (χ1v) is 8.30. The summed E-state index contributed by atoms with van der Waals surface area (Å²) in [5.41, 5.74) is 5.95. The number of halogens is 1. The Morgan fingerprint density at radius 1 is 1.26 bits per heavy atom. The van der Waals surface area contributed by atoms with Crippen LogP contribution in [0.2, 0.25) is 0 Å². The lowest BCUT2D eigenvalue weighted by atomic mass is 9.90. The smallest absolute Gasteiger partial charge is 0.225 e. The lowest BCUT2D eigenvalue weighted by Gasteiger charge is -2.35. The summed E-state index contributed by atoms with van der Waals surface area (Å²) in [5, 5.41) is 0. The van der Waals surface area contributed by atoms with Gasteiger partial charge in [-0.3, -0.25) is 4.79 Å². The minimum absolute atomic E-state index is 0. The highest BCUT2D eigenvalue weighted by molar-refractivity contribution is 5.85. The minimum atomic E-state index is 0. The zero-order valence-electron chi connectivity index (χ0n) is 14.1. The van der Waals surface area contributed by atoms with E-state index in [1.54, 1.807) is 0 Å². The molecule has 1 fully saturated rings. The van der Waals surface area contributed by atoms with Crippen molar-refractivity contribution in [1.82, 2.24) is 4.90 Å². The quantitative estimate of drug-likeness (QED) is 0.865. The van der Waals surface area contributed by atoms with Crippen molar-refractivity contribution in [3.63, 3.8) is 0 Å². The fourth-order valence-electron chi connectivity index (χ4n) is 2.95. The molecule has 4 nitrogen and oxygen atoms in total. The van der Waals surface area contributed by atoms with Gasteiger partial charge in [0.15, 0.2) is 0 Å². The van der Waals surface area contributed by atoms with Crippen molar-refractivity contribution in [2.75, 3.05) is 19.7 Å². The van der Waals surface area contributed by atoms with E-state index in [0.29, 0.717) is 12.5 Å². The molecule has 0 saturated carbocycles. The second-order valence-corrected chi connectivity index (χ2v) is 6.37. The third-order valence-corrected chi connectivity index (χ3v) is 4.58. The summed E-state index contributed by atoms with van der Waals surface area (Å²) in [6.45, 7) is 6.32. The lowest BCUT2D eigenvalue weighted by molar-refractivity contribution is -0.136. The maximum atomic E-state index is 12.5. The van der Waals surface area contributed by atoms with Gasteiger partial charge in [0.2, 0.25) is 5.91 Å². The molecule has 1 amide bonds. The molecule has 2 rings (SSSR count). The van der Waals surface area contributed by atoms with E-state index in [4.69, 9.17) is 10.5 Å². The number of carbonyl (C=O) groups excluding carboxylic acids is 1. The molecule has 0 spiro atoms. The Labute approximate surface area is 145 Å². The van der Waals surface area contributed by atoms with Gasteiger partial charge < -0.3 is 15.4 Å². The molecule has 0 radical (unpaired) electrons. The van der Waals surface area contributed by atoms with Crippen LogP contribution in [0.5, 0.6) is 5.75 Å². The first-order chi connectivity index (χ1) is 10.6. The normalized spacial score (nSPS) is 18.0. The van der Waals surface area contributed by atoms with Gasteiger partial charge in [0.25, 0.3) is 0 Å². The Bertz CT molecular complexity index is 459. The summed E-state index contributed by atoms with van der Waals surface area (Å²) in [7, 11) is 0. The van der Waals surface area contributed by atoms with E-state index in [1.807, 2.05) is 42.2 Å². The number of likely N-dealkylation sites (tertiary alicyclic amines) is 1. The van der Waals surface area contributed by atoms with Crippen LogP contribution < -0.4 is 10.5 Å². The van der Waals surface area contributed by atoms with Crippen LogP contribution in [0, 0.1) is 11.8 Å². The van der Waals surface area contributed by atoms with Crippen LogP contribution in [0.1, 0.15) is 33.1 Å². The summed E-state index contributed by atoms with van der Waals surface area (Å²) < 4.78 is 5.68. The topological polar surface area (TPSA) is 55.6 Å². The van der Waals surface area contributed by atoms with Gasteiger partial charge in [0.05, 0.1) is 6.61 Å². The van der Waals surface area contributed by atoms with E-state index in [0.717, 1.165) is 38.1 Å². The van der Waals surface area contributed by atoms with Gasteiger partial charge in [-0.05, 0) is 44.2 Å². The highest BCUT2D eigenvalue weighted by Gasteiger charge is 2.27. The molecule has 0 aromatic heterocycles. The minimum Gasteiger partial charge on any atom is -0.494 e. The van der Waals surface area contributed by atoms with Crippen LogP contribution in [-0.4, -0.2) is 36.5 Å². The number of piperidine rings is 1. The zero-order chi connectivity index (χ0) is 15.9. The molecule has 0 aliphatic carbocycles. The van der Waals surface area contributed by atoms with Gasteiger partial charge in [-0.1, -0.05) is 25.1 Å². The molecule has 1 aromatic rings. The molecule has 130 valence electrons. The third-order valence-electron chi connectivity index (χ3n) is 4.58. The van der Waals surface area contributed by atoms with Crippen molar-refractivity contribution < 1.29 is 9.53 Å². The van der Waals surface area contributed by atoms with Crippen molar-refractivity contribution in [2.45, 2.75) is 39.2 Å². The fourth-order valence-corrected chi connectivity index (χ4v) is 2.95. The van der Waals surface area contributed by atoms with E-state index < -0.39 is 0 Å². The van der Waals surface area contributed by atoms with Crippen molar-refractivity contribution in [3.05, 3.63) is 30.3 Å². The molecule has 1 saturated heterocycles. The van der Waals surface area contributed by atoms with Crippen LogP contribution in [0.25, 0.3) is 0 Å². The Morgan fingerprint density at radius 2 is 1.87 bits per heavy atom. The van der Waals surface area contributed by atoms with E-state index in [9.17, 15) is 4.79 Å². The van der Waals surface area contributed by atoms with Gasteiger partial charge in [-0.15, -0.1) is 12.4 Å². The molecular weight excluding hydrogens is 312 g/mol. The lowest BCUT2D eigenvalue weighted by Crippen LogP contribution is -2.44. The molecule has 2 N–H and O–H groups in total. The van der Waals surface area contributed by atoms with Gasteiger partial charge in [0.1, 0.15) is 5.75 Å². The highest BCUT2D eigenvalue weighted by Crippen LogP contribution is 2.21. The molecule has 2 atom stereocenters. The van der Waals surface area contributed by atoms with Crippen molar-refractivity contribution in [2.24, 2.45) is 17.6 Å². The van der Waals surface area contributed by atoms with Crippen LogP contribution >= 0.6 is 12.4 Å². The molecule has 1 aliphatic rings. The average Bonchev–Trinajstić information content (AvgIpc) is 2.55. The fraction of sp³-hybridized carbons (Fsp3) is 0.611. The number of carbonyl (C=O) groups is 1. The Hall–Kier alpha value is -1.26. The molecule has 2 unspecified atom stereocenters. The Morgan fingerprint density at radius 3 is 2.43 bits per heavy atom. The monoisotopic (exact) mass is 340 g/mol. The van der Waals surface area contributed by atoms with E-state index >= 15 is 0 Å². The maximum absolute atomic E-state index is 12.5. The van der Waals surface area contributed by atoms with Crippen LogP contribution in [0.15, 0.2) is 30.3 Å². The standard InChI is InChI=1S/C18H28N2O2.ClH/c1-14(10-13-22-17-6-4-3-5-7-17)18(21)20-11-8-16(9-12-20)15(2)19;/h3-7,14-16H,8-13,19H2,1-2H3;1H. The van der Waals surface area contributed by atoms with Gasteiger partial charge >= 0.3 is 0 Å². The van der Waals surface area contributed by atoms with Gasteiger partial charge in [-0.25, -0.2) is 0 Å². The second-order valence-electron chi connectivity index (χ2n) is 6.37.